The van der Waals surface area contributed by atoms with Gasteiger partial charge in [-0.25, -0.2) is 17.5 Å². The second kappa shape index (κ2) is 7.26. The average molecular weight is 363 g/mol. The van der Waals surface area contributed by atoms with Crippen LogP contribution in [-0.2, 0) is 10.0 Å². The van der Waals surface area contributed by atoms with Gasteiger partial charge in [0.1, 0.15) is 30.3 Å². The molecule has 1 N–H and O–H groups in total. The van der Waals surface area contributed by atoms with Crippen molar-refractivity contribution in [3.05, 3.63) is 60.7 Å². The van der Waals surface area contributed by atoms with Crippen molar-refractivity contribution in [2.75, 3.05) is 17.1 Å². The van der Waals surface area contributed by atoms with Gasteiger partial charge in [0.15, 0.2) is 0 Å². The molecule has 0 bridgehead atoms. The van der Waals surface area contributed by atoms with E-state index in [2.05, 4.69) is 20.2 Å². The molecule has 8 nitrogen and oxygen atoms in total. The minimum Gasteiger partial charge on any atom is -0.492 e. The normalized spacial score (nSPS) is 11.2. The highest BCUT2D eigenvalue weighted by Gasteiger charge is 2.11. The maximum absolute atomic E-state index is 12.8. The molecule has 0 saturated heterocycles. The Morgan fingerprint density at radius 1 is 1.08 bits per heavy atom. The van der Waals surface area contributed by atoms with E-state index in [1.807, 2.05) is 0 Å². The Morgan fingerprint density at radius 3 is 2.44 bits per heavy atom. The number of sulfonamides is 1. The first kappa shape index (κ1) is 16.8. The third-order valence-electron chi connectivity index (χ3n) is 3.19. The Hall–Kier alpha value is -3.01. The lowest BCUT2D eigenvalue weighted by atomic mass is 10.3. The summed E-state index contributed by atoms with van der Waals surface area (Å²) in [4.78, 5) is 0. The van der Waals surface area contributed by atoms with Gasteiger partial charge in [-0.1, -0.05) is 0 Å². The van der Waals surface area contributed by atoms with E-state index in [1.54, 1.807) is 24.3 Å². The summed E-state index contributed by atoms with van der Waals surface area (Å²) >= 11 is 0. The summed E-state index contributed by atoms with van der Waals surface area (Å²) in [6.07, 6.45) is 1.44. The number of anilines is 1. The smallest absolute Gasteiger partial charge is 0.236 e. The van der Waals surface area contributed by atoms with E-state index in [0.717, 1.165) is 0 Å². The van der Waals surface area contributed by atoms with Crippen LogP contribution in [0.15, 0.2) is 54.9 Å². The molecule has 0 amide bonds. The zero-order valence-electron chi connectivity index (χ0n) is 12.9. The van der Waals surface area contributed by atoms with Gasteiger partial charge in [0.2, 0.25) is 10.0 Å². The zero-order valence-corrected chi connectivity index (χ0v) is 13.7. The van der Waals surface area contributed by atoms with Crippen LogP contribution < -0.4 is 9.46 Å². The van der Waals surface area contributed by atoms with Crippen LogP contribution in [0.5, 0.6) is 5.75 Å². The lowest BCUT2D eigenvalue weighted by Crippen LogP contribution is -2.21. The molecule has 0 saturated carbocycles. The van der Waals surface area contributed by atoms with E-state index in [-0.39, 0.29) is 18.2 Å². The van der Waals surface area contributed by atoms with E-state index >= 15 is 0 Å². The Kier molecular flexibility index (Phi) is 4.89. The van der Waals surface area contributed by atoms with Gasteiger partial charge in [-0.2, -0.15) is 0 Å². The van der Waals surface area contributed by atoms with Crippen LogP contribution >= 0.6 is 0 Å². The van der Waals surface area contributed by atoms with Crippen LogP contribution in [-0.4, -0.2) is 41.0 Å². The van der Waals surface area contributed by atoms with Crippen molar-refractivity contribution in [3.8, 4) is 11.4 Å². The fraction of sp³-hybridized carbons (Fsp3) is 0.133. The quantitative estimate of drug-likeness (QED) is 0.685. The Bertz CT molecular complexity index is 913. The lowest BCUT2D eigenvalue weighted by Gasteiger charge is -2.10. The molecule has 3 rings (SSSR count). The molecule has 0 unspecified atom stereocenters. The van der Waals surface area contributed by atoms with Crippen LogP contribution in [0.3, 0.4) is 0 Å². The zero-order chi connectivity index (χ0) is 17.7. The summed E-state index contributed by atoms with van der Waals surface area (Å²) in [6.45, 7) is -0.0519. The van der Waals surface area contributed by atoms with Crippen LogP contribution in [0.2, 0.25) is 0 Å². The van der Waals surface area contributed by atoms with Crippen molar-refractivity contribution >= 4 is 15.7 Å². The number of aromatic nitrogens is 4. The number of benzene rings is 2. The average Bonchev–Trinajstić information content (AvgIpc) is 3.11. The highest BCUT2D eigenvalue weighted by molar-refractivity contribution is 7.92. The SMILES string of the molecule is O=S(=O)(CCOc1ccc(F)cc1)Nc1ccc(-n2cnnn2)cc1. The number of nitrogens with zero attached hydrogens (tertiary/aromatic N) is 4. The van der Waals surface area contributed by atoms with E-state index in [1.165, 1.54) is 35.3 Å². The molecule has 0 radical (unpaired) electrons. The highest BCUT2D eigenvalue weighted by Crippen LogP contribution is 2.14. The van der Waals surface area contributed by atoms with E-state index < -0.39 is 10.0 Å². The molecule has 0 aliphatic carbocycles. The predicted octanol–water partition coefficient (Wildman–Crippen LogP) is 1.62. The van der Waals surface area contributed by atoms with E-state index in [4.69, 9.17) is 4.74 Å². The molecule has 1 aromatic heterocycles. The molecule has 25 heavy (non-hydrogen) atoms. The first-order valence-corrected chi connectivity index (χ1v) is 8.89. The van der Waals surface area contributed by atoms with Crippen molar-refractivity contribution in [2.45, 2.75) is 0 Å². The molecule has 0 aliphatic heterocycles. The van der Waals surface area contributed by atoms with Crippen LogP contribution in [0.25, 0.3) is 5.69 Å². The molecular formula is C15H14FN5O3S. The maximum Gasteiger partial charge on any atom is 0.236 e. The molecule has 0 aliphatic rings. The van der Waals surface area contributed by atoms with Crippen molar-refractivity contribution < 1.29 is 17.5 Å². The summed E-state index contributed by atoms with van der Waals surface area (Å²) < 4.78 is 46.1. The lowest BCUT2D eigenvalue weighted by molar-refractivity contribution is 0.340. The van der Waals surface area contributed by atoms with Crippen LogP contribution in [0.1, 0.15) is 0 Å². The molecule has 1 heterocycles. The minimum absolute atomic E-state index is 0.0519. The second-order valence-corrected chi connectivity index (χ2v) is 6.87. The summed E-state index contributed by atoms with van der Waals surface area (Å²) in [5, 5.41) is 10.8. The van der Waals surface area contributed by atoms with Gasteiger partial charge in [0, 0.05) is 5.69 Å². The molecule has 0 spiro atoms. The number of hydrogen-bond acceptors (Lipinski definition) is 6. The predicted molar refractivity (Wildman–Crippen MR) is 88.5 cm³/mol. The van der Waals surface area contributed by atoms with Gasteiger partial charge in [-0.3, -0.25) is 4.72 Å². The molecule has 3 aromatic rings. The van der Waals surface area contributed by atoms with Gasteiger partial charge < -0.3 is 4.74 Å². The minimum atomic E-state index is -3.58. The Balaban J connectivity index is 1.55. The Morgan fingerprint density at radius 2 is 1.80 bits per heavy atom. The number of hydrogen-bond donors (Lipinski definition) is 1. The van der Waals surface area contributed by atoms with Crippen molar-refractivity contribution in [1.82, 2.24) is 20.2 Å². The van der Waals surface area contributed by atoms with Gasteiger partial charge in [-0.15, -0.1) is 5.10 Å². The van der Waals surface area contributed by atoms with E-state index in [0.29, 0.717) is 17.1 Å². The summed E-state index contributed by atoms with van der Waals surface area (Å²) in [6, 6.07) is 11.9. The maximum atomic E-state index is 12.8. The third kappa shape index (κ3) is 4.73. The topological polar surface area (TPSA) is 99.0 Å². The third-order valence-corrected chi connectivity index (χ3v) is 4.44. The van der Waals surface area contributed by atoms with Crippen LogP contribution in [0, 0.1) is 5.82 Å². The number of halogens is 1. The molecule has 0 atom stereocenters. The van der Waals surface area contributed by atoms with Crippen molar-refractivity contribution in [1.29, 1.82) is 0 Å². The fourth-order valence-corrected chi connectivity index (χ4v) is 2.89. The summed E-state index contributed by atoms with van der Waals surface area (Å²) in [5.74, 6) is -0.215. The Labute approximate surface area is 143 Å². The summed E-state index contributed by atoms with van der Waals surface area (Å²) in [5.41, 5.74) is 1.12. The number of ether oxygens (including phenoxy) is 1. The van der Waals surface area contributed by atoms with E-state index in [9.17, 15) is 12.8 Å². The fourth-order valence-electron chi connectivity index (χ4n) is 1.99. The standard InChI is InChI=1S/C15H14FN5O3S/c16-12-1-7-15(8-2-12)24-9-10-25(22,23)18-13-3-5-14(6-4-13)21-11-17-19-20-21/h1-8,11,18H,9-10H2. The molecule has 0 fully saturated rings. The molecular weight excluding hydrogens is 349 g/mol. The van der Waals surface area contributed by atoms with Crippen LogP contribution in [0.4, 0.5) is 10.1 Å². The molecule has 10 heteroatoms. The second-order valence-electron chi connectivity index (χ2n) is 5.02. The number of nitrogens with one attached hydrogen (secondary N) is 1. The monoisotopic (exact) mass is 363 g/mol. The largest absolute Gasteiger partial charge is 0.492 e. The summed E-state index contributed by atoms with van der Waals surface area (Å²) in [7, 11) is -3.58. The van der Waals surface area contributed by atoms with Gasteiger partial charge >= 0.3 is 0 Å². The van der Waals surface area contributed by atoms with Gasteiger partial charge in [0.25, 0.3) is 0 Å². The first-order chi connectivity index (χ1) is 12.0. The van der Waals surface area contributed by atoms with Crippen molar-refractivity contribution in [3.63, 3.8) is 0 Å². The highest BCUT2D eigenvalue weighted by atomic mass is 32.2. The van der Waals surface area contributed by atoms with Gasteiger partial charge in [-0.05, 0) is 59.0 Å². The number of tetrazole rings is 1. The van der Waals surface area contributed by atoms with Gasteiger partial charge in [0.05, 0.1) is 5.69 Å². The first-order valence-electron chi connectivity index (χ1n) is 7.24. The van der Waals surface area contributed by atoms with Crippen molar-refractivity contribution in [2.24, 2.45) is 0 Å². The molecule has 130 valence electrons. The molecule has 2 aromatic carbocycles. The number of rotatable bonds is 7.